The van der Waals surface area contributed by atoms with Crippen LogP contribution < -0.4 is 24.4 Å². The molecule has 1 atom stereocenters. The Morgan fingerprint density at radius 1 is 1.02 bits per heavy atom. The van der Waals surface area contributed by atoms with Gasteiger partial charge < -0.3 is 14.2 Å². The number of nitrogens with zero attached hydrogens (tertiary/aromatic N) is 2. The van der Waals surface area contributed by atoms with E-state index >= 15 is 0 Å². The summed E-state index contributed by atoms with van der Waals surface area (Å²) in [5, 5.41) is 2.84. The van der Waals surface area contributed by atoms with Crippen molar-refractivity contribution in [3.63, 3.8) is 0 Å². The number of fused-ring (bicyclic) bond motifs is 2. The number of benzene rings is 4. The monoisotopic (exact) mass is 624 g/mol. The van der Waals surface area contributed by atoms with Crippen molar-refractivity contribution in [3.05, 3.63) is 138 Å². The van der Waals surface area contributed by atoms with Gasteiger partial charge >= 0.3 is 5.97 Å². The zero-order valence-electron chi connectivity index (χ0n) is 24.4. The van der Waals surface area contributed by atoms with Gasteiger partial charge in [-0.2, -0.15) is 0 Å². The van der Waals surface area contributed by atoms with E-state index in [-0.39, 0.29) is 12.2 Å². The van der Waals surface area contributed by atoms with Crippen LogP contribution in [0.15, 0.2) is 106 Å². The van der Waals surface area contributed by atoms with Gasteiger partial charge in [-0.1, -0.05) is 83.6 Å². The van der Waals surface area contributed by atoms with Crippen molar-refractivity contribution in [1.29, 1.82) is 0 Å². The average Bonchev–Trinajstić information content (AvgIpc) is 3.33. The summed E-state index contributed by atoms with van der Waals surface area (Å²) in [6.07, 6.45) is 1.79. The third kappa shape index (κ3) is 5.66. The van der Waals surface area contributed by atoms with Gasteiger partial charge in [0.25, 0.3) is 5.56 Å². The Hall–Kier alpha value is -4.66. The van der Waals surface area contributed by atoms with Gasteiger partial charge in [-0.05, 0) is 71.7 Å². The number of hydrogen-bond acceptors (Lipinski definition) is 7. The van der Waals surface area contributed by atoms with Crippen LogP contribution in [0, 0.1) is 0 Å². The first kappa shape index (κ1) is 29.4. The summed E-state index contributed by atoms with van der Waals surface area (Å²) in [6, 6.07) is 26.3. The third-order valence-corrected chi connectivity index (χ3v) is 8.69. The van der Waals surface area contributed by atoms with Crippen LogP contribution in [-0.2, 0) is 16.1 Å². The largest absolute Gasteiger partial charge is 0.493 e. The molecule has 1 aromatic heterocycles. The van der Waals surface area contributed by atoms with Crippen molar-refractivity contribution in [2.24, 2.45) is 4.99 Å². The second kappa shape index (κ2) is 12.5. The van der Waals surface area contributed by atoms with Crippen molar-refractivity contribution in [2.75, 3.05) is 13.7 Å². The van der Waals surface area contributed by atoms with Gasteiger partial charge in [0, 0.05) is 5.02 Å². The molecule has 0 N–H and O–H groups in total. The summed E-state index contributed by atoms with van der Waals surface area (Å²) >= 11 is 7.41. The standard InChI is InChI=1S/C35H29ClN2O5S/c1-4-42-34(40)31-21(2)37-35-38(32(31)24-13-15-26(36)16-14-24)33(39)30(44-35)19-22-12-17-28(29(18-22)41-3)43-20-25-10-7-9-23-8-5-6-11-27(23)25/h5-19,32H,4,20H2,1-3H3/b30-19-/t32-/m0/s1. The zero-order valence-corrected chi connectivity index (χ0v) is 25.9. The second-order valence-corrected chi connectivity index (χ2v) is 11.6. The zero-order chi connectivity index (χ0) is 30.8. The number of allylic oxidation sites excluding steroid dienone is 1. The Morgan fingerprint density at radius 3 is 2.57 bits per heavy atom. The Kier molecular flexibility index (Phi) is 8.37. The normalized spacial score (nSPS) is 14.7. The number of halogens is 1. The fourth-order valence-electron chi connectivity index (χ4n) is 5.37. The molecule has 0 bridgehead atoms. The van der Waals surface area contributed by atoms with Crippen LogP contribution >= 0.6 is 22.9 Å². The number of ether oxygens (including phenoxy) is 3. The first-order chi connectivity index (χ1) is 21.4. The van der Waals surface area contributed by atoms with E-state index in [1.54, 1.807) is 43.7 Å². The van der Waals surface area contributed by atoms with E-state index in [9.17, 15) is 9.59 Å². The number of rotatable bonds is 8. The fourth-order valence-corrected chi connectivity index (χ4v) is 6.54. The summed E-state index contributed by atoms with van der Waals surface area (Å²) < 4.78 is 19.2. The van der Waals surface area contributed by atoms with Gasteiger partial charge in [-0.25, -0.2) is 9.79 Å². The quantitative estimate of drug-likeness (QED) is 0.192. The van der Waals surface area contributed by atoms with E-state index in [0.717, 1.165) is 27.5 Å². The summed E-state index contributed by atoms with van der Waals surface area (Å²) in [7, 11) is 1.59. The smallest absolute Gasteiger partial charge is 0.338 e. The molecule has 2 heterocycles. The molecule has 4 aromatic carbocycles. The van der Waals surface area contributed by atoms with Gasteiger partial charge in [0.15, 0.2) is 16.3 Å². The summed E-state index contributed by atoms with van der Waals surface area (Å²) in [5.41, 5.74) is 3.12. The molecule has 1 aliphatic rings. The number of aromatic nitrogens is 1. The molecule has 0 saturated carbocycles. The van der Waals surface area contributed by atoms with Crippen LogP contribution in [0.4, 0.5) is 0 Å². The lowest BCUT2D eigenvalue weighted by molar-refractivity contribution is -0.139. The molecule has 0 spiro atoms. The summed E-state index contributed by atoms with van der Waals surface area (Å²) in [6.45, 7) is 4.09. The molecule has 0 aliphatic carbocycles. The number of esters is 1. The lowest BCUT2D eigenvalue weighted by Gasteiger charge is -2.24. The molecule has 222 valence electrons. The molecule has 6 rings (SSSR count). The van der Waals surface area contributed by atoms with E-state index in [1.807, 2.05) is 48.5 Å². The lowest BCUT2D eigenvalue weighted by Crippen LogP contribution is -2.39. The molecule has 9 heteroatoms. The first-order valence-corrected chi connectivity index (χ1v) is 15.3. The maximum absolute atomic E-state index is 13.9. The number of methoxy groups -OCH3 is 1. The van der Waals surface area contributed by atoms with Crippen LogP contribution in [0.25, 0.3) is 16.8 Å². The molecule has 0 unspecified atom stereocenters. The molecule has 44 heavy (non-hydrogen) atoms. The topological polar surface area (TPSA) is 79.1 Å². The van der Waals surface area contributed by atoms with Crippen LogP contribution in [0.2, 0.25) is 5.02 Å². The molecule has 1 aliphatic heterocycles. The number of thiazole rings is 1. The van der Waals surface area contributed by atoms with Gasteiger partial charge in [-0.3, -0.25) is 9.36 Å². The molecule has 0 amide bonds. The van der Waals surface area contributed by atoms with Gasteiger partial charge in [0.05, 0.1) is 35.6 Å². The minimum atomic E-state index is -0.705. The Balaban J connectivity index is 1.36. The van der Waals surface area contributed by atoms with Gasteiger partial charge in [0.2, 0.25) is 0 Å². The average molecular weight is 625 g/mol. The van der Waals surface area contributed by atoms with Crippen molar-refractivity contribution in [3.8, 4) is 11.5 Å². The van der Waals surface area contributed by atoms with E-state index in [0.29, 0.717) is 43.7 Å². The predicted molar refractivity (Wildman–Crippen MR) is 173 cm³/mol. The highest BCUT2D eigenvalue weighted by atomic mass is 35.5. The van der Waals surface area contributed by atoms with Crippen molar-refractivity contribution >= 4 is 45.8 Å². The molecule has 0 fully saturated rings. The first-order valence-electron chi connectivity index (χ1n) is 14.1. The number of hydrogen-bond donors (Lipinski definition) is 0. The predicted octanol–water partition coefficient (Wildman–Crippen LogP) is 6.19. The maximum atomic E-state index is 13.9. The van der Waals surface area contributed by atoms with Crippen LogP contribution in [0.3, 0.4) is 0 Å². The van der Waals surface area contributed by atoms with E-state index < -0.39 is 12.0 Å². The van der Waals surface area contributed by atoms with E-state index in [4.69, 9.17) is 25.8 Å². The molecule has 7 nitrogen and oxygen atoms in total. The van der Waals surface area contributed by atoms with E-state index in [1.165, 1.54) is 11.3 Å². The molecular weight excluding hydrogens is 596 g/mol. The molecule has 0 radical (unpaired) electrons. The van der Waals surface area contributed by atoms with Crippen LogP contribution in [0.5, 0.6) is 11.5 Å². The van der Waals surface area contributed by atoms with Crippen LogP contribution in [0.1, 0.15) is 36.6 Å². The highest BCUT2D eigenvalue weighted by molar-refractivity contribution is 7.07. The van der Waals surface area contributed by atoms with Crippen LogP contribution in [-0.4, -0.2) is 24.3 Å². The summed E-state index contributed by atoms with van der Waals surface area (Å²) in [5.74, 6) is 0.634. The Labute approximate surface area is 262 Å². The summed E-state index contributed by atoms with van der Waals surface area (Å²) in [4.78, 5) is 32.1. The Bertz CT molecular complexity index is 2090. The molecule has 5 aromatic rings. The van der Waals surface area contributed by atoms with Crippen molar-refractivity contribution in [2.45, 2.75) is 26.5 Å². The van der Waals surface area contributed by atoms with Crippen molar-refractivity contribution in [1.82, 2.24) is 4.57 Å². The molecule has 0 saturated heterocycles. The highest BCUT2D eigenvalue weighted by Gasteiger charge is 2.33. The number of carbonyl (C=O) groups is 1. The van der Waals surface area contributed by atoms with Gasteiger partial charge in [-0.15, -0.1) is 0 Å². The second-order valence-electron chi connectivity index (χ2n) is 10.2. The highest BCUT2D eigenvalue weighted by Crippen LogP contribution is 2.32. The lowest BCUT2D eigenvalue weighted by atomic mass is 9.96. The minimum Gasteiger partial charge on any atom is -0.493 e. The Morgan fingerprint density at radius 2 is 1.80 bits per heavy atom. The van der Waals surface area contributed by atoms with Crippen molar-refractivity contribution < 1.29 is 19.0 Å². The SMILES string of the molecule is CCOC(=O)C1=C(C)N=c2s/c(=C\c3ccc(OCc4cccc5ccccc45)c(OC)c3)c(=O)n2[C@H]1c1ccc(Cl)cc1. The minimum absolute atomic E-state index is 0.205. The number of carbonyl (C=O) groups excluding carboxylic acids is 1. The molecular formula is C35H29ClN2O5S. The maximum Gasteiger partial charge on any atom is 0.338 e. The fraction of sp³-hybridized carbons (Fsp3) is 0.171. The third-order valence-electron chi connectivity index (χ3n) is 7.45. The van der Waals surface area contributed by atoms with Gasteiger partial charge in [0.1, 0.15) is 6.61 Å². The van der Waals surface area contributed by atoms with E-state index in [2.05, 4.69) is 29.3 Å².